The van der Waals surface area contributed by atoms with Gasteiger partial charge in [0.15, 0.2) is 11.0 Å². The van der Waals surface area contributed by atoms with Crippen molar-refractivity contribution in [3.05, 3.63) is 53.9 Å². The molecular formula is C16H15F2N5S. The van der Waals surface area contributed by atoms with Gasteiger partial charge in [0.2, 0.25) is 5.95 Å². The van der Waals surface area contributed by atoms with Crippen LogP contribution in [-0.2, 0) is 5.54 Å². The molecule has 4 rings (SSSR count). The van der Waals surface area contributed by atoms with E-state index in [-0.39, 0.29) is 11.7 Å². The predicted octanol–water partition coefficient (Wildman–Crippen LogP) is 2.15. The van der Waals surface area contributed by atoms with E-state index in [1.165, 1.54) is 17.8 Å². The minimum Gasteiger partial charge on any atom is -0.379 e. The van der Waals surface area contributed by atoms with Crippen molar-refractivity contribution in [2.75, 3.05) is 23.7 Å². The van der Waals surface area contributed by atoms with E-state index in [4.69, 9.17) is 5.73 Å². The van der Waals surface area contributed by atoms with Gasteiger partial charge in [-0.05, 0) is 6.07 Å². The van der Waals surface area contributed by atoms with Gasteiger partial charge >= 0.3 is 0 Å². The Balaban J connectivity index is 1.78. The molecule has 1 unspecified atom stereocenters. The molecule has 0 radical (unpaired) electrons. The minimum absolute atomic E-state index is 0.0698. The van der Waals surface area contributed by atoms with E-state index in [2.05, 4.69) is 15.0 Å². The fraction of sp³-hybridized carbons (Fsp3) is 0.312. The molecule has 1 fully saturated rings. The van der Waals surface area contributed by atoms with E-state index in [0.717, 1.165) is 18.1 Å². The van der Waals surface area contributed by atoms with Crippen LogP contribution >= 0.6 is 11.8 Å². The Labute approximate surface area is 142 Å². The molecule has 1 aromatic carbocycles. The maximum Gasteiger partial charge on any atom is 0.225 e. The minimum atomic E-state index is -0.765. The number of amidine groups is 1. The molecule has 2 atom stereocenters. The topological polar surface area (TPSA) is 67.4 Å². The van der Waals surface area contributed by atoms with Gasteiger partial charge in [0.25, 0.3) is 0 Å². The highest BCUT2D eigenvalue weighted by Gasteiger charge is 2.51. The SMILES string of the molecule is NC1=NC2(c3ccccc3F)CN(c3ncc(F)cn3)C[C@H]2CS1. The van der Waals surface area contributed by atoms with Crippen molar-refractivity contribution in [2.45, 2.75) is 5.54 Å². The summed E-state index contributed by atoms with van der Waals surface area (Å²) in [5, 5.41) is 0.455. The monoisotopic (exact) mass is 347 g/mol. The van der Waals surface area contributed by atoms with Gasteiger partial charge in [-0.1, -0.05) is 30.0 Å². The maximum atomic E-state index is 14.5. The highest BCUT2D eigenvalue weighted by molar-refractivity contribution is 8.13. The molecule has 2 aromatic rings. The van der Waals surface area contributed by atoms with Crippen LogP contribution in [0.15, 0.2) is 41.7 Å². The molecule has 8 heteroatoms. The molecule has 0 aliphatic carbocycles. The van der Waals surface area contributed by atoms with Gasteiger partial charge < -0.3 is 10.6 Å². The van der Waals surface area contributed by atoms with Gasteiger partial charge in [0, 0.05) is 23.8 Å². The number of aromatic nitrogens is 2. The second-order valence-corrected chi connectivity index (χ2v) is 6.98. The number of benzene rings is 1. The lowest BCUT2D eigenvalue weighted by atomic mass is 9.81. The van der Waals surface area contributed by atoms with Crippen molar-refractivity contribution in [1.29, 1.82) is 0 Å². The van der Waals surface area contributed by atoms with Gasteiger partial charge in [0.1, 0.15) is 11.4 Å². The molecule has 1 saturated heterocycles. The first-order valence-electron chi connectivity index (χ1n) is 7.54. The number of aliphatic imine (C=N–C) groups is 1. The van der Waals surface area contributed by atoms with Crippen LogP contribution in [-0.4, -0.2) is 34.0 Å². The highest BCUT2D eigenvalue weighted by Crippen LogP contribution is 2.46. The number of rotatable bonds is 2. The number of hydrogen-bond acceptors (Lipinski definition) is 6. The second kappa shape index (κ2) is 5.70. The zero-order chi connectivity index (χ0) is 16.7. The lowest BCUT2D eigenvalue weighted by Crippen LogP contribution is -2.40. The van der Waals surface area contributed by atoms with Gasteiger partial charge in [-0.2, -0.15) is 0 Å². The van der Waals surface area contributed by atoms with E-state index < -0.39 is 11.4 Å². The Bertz CT molecular complexity index is 797. The average Bonchev–Trinajstić information content (AvgIpc) is 2.95. The normalized spacial score (nSPS) is 26.2. The van der Waals surface area contributed by atoms with Crippen LogP contribution in [0.1, 0.15) is 5.56 Å². The quantitative estimate of drug-likeness (QED) is 0.902. The molecule has 24 heavy (non-hydrogen) atoms. The Hall–Kier alpha value is -2.22. The zero-order valence-corrected chi connectivity index (χ0v) is 13.5. The largest absolute Gasteiger partial charge is 0.379 e. The molecular weight excluding hydrogens is 332 g/mol. The van der Waals surface area contributed by atoms with Crippen molar-refractivity contribution < 1.29 is 8.78 Å². The molecule has 2 N–H and O–H groups in total. The van der Waals surface area contributed by atoms with Crippen LogP contribution in [0.2, 0.25) is 0 Å². The van der Waals surface area contributed by atoms with Crippen molar-refractivity contribution in [1.82, 2.24) is 9.97 Å². The summed E-state index contributed by atoms with van der Waals surface area (Å²) in [7, 11) is 0. The van der Waals surface area contributed by atoms with E-state index >= 15 is 0 Å². The second-order valence-electron chi connectivity index (χ2n) is 5.94. The van der Waals surface area contributed by atoms with Crippen LogP contribution < -0.4 is 10.6 Å². The van der Waals surface area contributed by atoms with Crippen molar-refractivity contribution >= 4 is 22.9 Å². The molecule has 2 aliphatic rings. The lowest BCUT2D eigenvalue weighted by molar-refractivity contribution is 0.371. The highest BCUT2D eigenvalue weighted by atomic mass is 32.2. The number of nitrogens with two attached hydrogens (primary N) is 1. The molecule has 0 spiro atoms. The summed E-state index contributed by atoms with van der Waals surface area (Å²) in [5.74, 6) is 0.437. The summed E-state index contributed by atoms with van der Waals surface area (Å²) in [6.07, 6.45) is 2.26. The summed E-state index contributed by atoms with van der Waals surface area (Å²) in [6, 6.07) is 6.65. The Kier molecular flexibility index (Phi) is 3.64. The first-order valence-corrected chi connectivity index (χ1v) is 8.53. The maximum absolute atomic E-state index is 14.5. The third-order valence-corrected chi connectivity index (χ3v) is 5.48. The van der Waals surface area contributed by atoms with E-state index in [1.807, 2.05) is 4.90 Å². The van der Waals surface area contributed by atoms with Gasteiger partial charge in [0.05, 0.1) is 18.9 Å². The predicted molar refractivity (Wildman–Crippen MR) is 89.9 cm³/mol. The summed E-state index contributed by atoms with van der Waals surface area (Å²) in [5.41, 5.74) is 5.72. The van der Waals surface area contributed by atoms with Crippen molar-refractivity contribution in [2.24, 2.45) is 16.6 Å². The first kappa shape index (κ1) is 15.3. The molecule has 0 bridgehead atoms. The summed E-state index contributed by atoms with van der Waals surface area (Å²) in [6.45, 7) is 1.02. The third-order valence-electron chi connectivity index (χ3n) is 4.52. The third kappa shape index (κ3) is 2.41. The smallest absolute Gasteiger partial charge is 0.225 e. The zero-order valence-electron chi connectivity index (χ0n) is 12.7. The van der Waals surface area contributed by atoms with Crippen LogP contribution in [0.5, 0.6) is 0 Å². The standard InChI is InChI=1S/C16H15F2N5S/c17-11-5-20-15(21-6-11)23-7-10-8-24-14(19)22-16(10,9-23)12-3-1-2-4-13(12)18/h1-6,10H,7-9H2,(H2,19,22)/t10-,16?/m0/s1. The van der Waals surface area contributed by atoms with Gasteiger partial charge in [-0.25, -0.2) is 23.7 Å². The van der Waals surface area contributed by atoms with Crippen LogP contribution in [0.25, 0.3) is 0 Å². The summed E-state index contributed by atoms with van der Waals surface area (Å²) in [4.78, 5) is 14.6. The number of hydrogen-bond donors (Lipinski definition) is 1. The van der Waals surface area contributed by atoms with Crippen LogP contribution in [0, 0.1) is 17.6 Å². The molecule has 2 aliphatic heterocycles. The Morgan fingerprint density at radius 1 is 1.21 bits per heavy atom. The number of anilines is 1. The Morgan fingerprint density at radius 3 is 2.71 bits per heavy atom. The van der Waals surface area contributed by atoms with E-state index in [1.54, 1.807) is 18.2 Å². The molecule has 1 aromatic heterocycles. The molecule has 3 heterocycles. The summed E-state index contributed by atoms with van der Waals surface area (Å²) < 4.78 is 27.6. The van der Waals surface area contributed by atoms with Crippen molar-refractivity contribution in [3.8, 4) is 0 Å². The average molecular weight is 347 g/mol. The van der Waals surface area contributed by atoms with Gasteiger partial charge in [-0.3, -0.25) is 0 Å². The Morgan fingerprint density at radius 2 is 1.96 bits per heavy atom. The molecule has 5 nitrogen and oxygen atoms in total. The number of halogens is 2. The van der Waals surface area contributed by atoms with Crippen molar-refractivity contribution in [3.63, 3.8) is 0 Å². The molecule has 124 valence electrons. The lowest BCUT2D eigenvalue weighted by Gasteiger charge is -2.34. The first-order chi connectivity index (χ1) is 11.6. The van der Waals surface area contributed by atoms with E-state index in [0.29, 0.717) is 29.8 Å². The van der Waals surface area contributed by atoms with Gasteiger partial charge in [-0.15, -0.1) is 0 Å². The number of nitrogens with zero attached hydrogens (tertiary/aromatic N) is 4. The van der Waals surface area contributed by atoms with E-state index in [9.17, 15) is 8.78 Å². The van der Waals surface area contributed by atoms with Crippen LogP contribution in [0.4, 0.5) is 14.7 Å². The van der Waals surface area contributed by atoms with Crippen LogP contribution in [0.3, 0.4) is 0 Å². The fourth-order valence-corrected chi connectivity index (χ4v) is 4.41. The molecule has 0 saturated carbocycles. The summed E-state index contributed by atoms with van der Waals surface area (Å²) >= 11 is 1.47. The number of thioether (sulfide) groups is 1. The number of fused-ring (bicyclic) bond motifs is 1. The fourth-order valence-electron chi connectivity index (χ4n) is 3.43. The molecule has 0 amide bonds.